The Kier molecular flexibility index (Phi) is 2.93. The first-order valence-corrected chi connectivity index (χ1v) is 5.24. The van der Waals surface area contributed by atoms with Crippen molar-refractivity contribution in [1.82, 2.24) is 0 Å². The Hall–Kier alpha value is -0.210. The fraction of sp³-hybridized carbons (Fsp3) is 1.00. The van der Waals surface area contributed by atoms with Gasteiger partial charge >= 0.3 is 10.3 Å². The van der Waals surface area contributed by atoms with Crippen molar-refractivity contribution in [2.24, 2.45) is 5.14 Å². The van der Waals surface area contributed by atoms with Crippen molar-refractivity contribution in [2.45, 2.75) is 25.7 Å². The summed E-state index contributed by atoms with van der Waals surface area (Å²) in [5, 5.41) is 4.63. The van der Waals surface area contributed by atoms with Gasteiger partial charge in [-0.1, -0.05) is 0 Å². The van der Waals surface area contributed by atoms with E-state index in [1.807, 2.05) is 0 Å². The van der Waals surface area contributed by atoms with Gasteiger partial charge in [-0.2, -0.15) is 8.42 Å². The number of hydrogen-bond acceptors (Lipinski definition) is 5. The van der Waals surface area contributed by atoms with Crippen LogP contribution in [0.25, 0.3) is 0 Å². The van der Waals surface area contributed by atoms with Gasteiger partial charge in [0, 0.05) is 0 Å². The fourth-order valence-electron chi connectivity index (χ4n) is 1.02. The van der Waals surface area contributed by atoms with Crippen LogP contribution in [0, 0.1) is 0 Å². The van der Waals surface area contributed by atoms with Crippen molar-refractivity contribution in [3.63, 3.8) is 0 Å². The molecule has 1 heterocycles. The van der Waals surface area contributed by atoms with Gasteiger partial charge in [0.1, 0.15) is 6.10 Å². The summed E-state index contributed by atoms with van der Waals surface area (Å²) >= 11 is 0. The lowest BCUT2D eigenvalue weighted by Crippen LogP contribution is -2.27. The molecule has 0 unspecified atom stereocenters. The van der Waals surface area contributed by atoms with Crippen molar-refractivity contribution in [3.8, 4) is 0 Å². The van der Waals surface area contributed by atoms with Crippen LogP contribution >= 0.6 is 0 Å². The van der Waals surface area contributed by atoms with E-state index in [0.717, 1.165) is 0 Å². The van der Waals surface area contributed by atoms with Gasteiger partial charge < -0.3 is 9.47 Å². The minimum absolute atomic E-state index is 0.109. The fourth-order valence-corrected chi connectivity index (χ4v) is 1.36. The average molecular weight is 211 g/mol. The highest BCUT2D eigenvalue weighted by atomic mass is 32.2. The molecule has 0 spiro atoms. The van der Waals surface area contributed by atoms with Crippen molar-refractivity contribution in [3.05, 3.63) is 0 Å². The minimum Gasteiger partial charge on any atom is -0.348 e. The maximum Gasteiger partial charge on any atom is 0.333 e. The maximum absolute atomic E-state index is 10.4. The number of ether oxygens (including phenoxy) is 2. The smallest absolute Gasteiger partial charge is 0.333 e. The Balaban J connectivity index is 2.34. The van der Waals surface area contributed by atoms with Crippen LogP contribution in [0.15, 0.2) is 0 Å². The molecule has 2 N–H and O–H groups in total. The van der Waals surface area contributed by atoms with Crippen molar-refractivity contribution in [1.29, 1.82) is 0 Å². The molecule has 1 saturated heterocycles. The molecule has 0 amide bonds. The highest BCUT2D eigenvalue weighted by molar-refractivity contribution is 7.84. The molecule has 0 aliphatic carbocycles. The molecule has 1 aliphatic rings. The molecule has 1 fully saturated rings. The second-order valence-electron chi connectivity index (χ2n) is 3.23. The largest absolute Gasteiger partial charge is 0.348 e. The van der Waals surface area contributed by atoms with Crippen molar-refractivity contribution in [2.75, 3.05) is 13.2 Å². The van der Waals surface area contributed by atoms with E-state index in [9.17, 15) is 8.42 Å². The van der Waals surface area contributed by atoms with E-state index in [2.05, 4.69) is 9.32 Å². The third-order valence-electron chi connectivity index (χ3n) is 1.49. The topological polar surface area (TPSA) is 87.9 Å². The average Bonchev–Trinajstić information content (AvgIpc) is 2.24. The van der Waals surface area contributed by atoms with Crippen LogP contribution < -0.4 is 5.14 Å². The third kappa shape index (κ3) is 4.01. The maximum atomic E-state index is 10.4. The summed E-state index contributed by atoms with van der Waals surface area (Å²) in [5.41, 5.74) is 0. The van der Waals surface area contributed by atoms with Gasteiger partial charge in [-0.3, -0.25) is 4.18 Å². The molecule has 0 saturated carbocycles. The second kappa shape index (κ2) is 3.50. The minimum atomic E-state index is -3.88. The van der Waals surface area contributed by atoms with Crippen LogP contribution in [-0.2, 0) is 24.0 Å². The molecule has 1 atom stereocenters. The quantitative estimate of drug-likeness (QED) is 0.670. The third-order valence-corrected chi connectivity index (χ3v) is 1.95. The van der Waals surface area contributed by atoms with Crippen LogP contribution in [0.1, 0.15) is 13.8 Å². The van der Waals surface area contributed by atoms with E-state index in [4.69, 9.17) is 9.47 Å². The number of nitrogens with two attached hydrogens (primary N) is 1. The predicted octanol–water partition coefficient (Wildman–Crippen LogP) is -0.642. The van der Waals surface area contributed by atoms with Crippen molar-refractivity contribution >= 4 is 10.3 Å². The van der Waals surface area contributed by atoms with Crippen LogP contribution in [0.4, 0.5) is 0 Å². The molecule has 0 radical (unpaired) electrons. The standard InChI is InChI=1S/C6H13NO5S/c1-6(2)10-3-5(12-6)4-11-13(7,8)9/h5H,3-4H2,1-2H3,(H2,7,8,9)/t5-/m0/s1. The zero-order chi connectivity index (χ0) is 10.1. The van der Waals surface area contributed by atoms with Gasteiger partial charge in [0.2, 0.25) is 0 Å². The van der Waals surface area contributed by atoms with E-state index in [-0.39, 0.29) is 12.7 Å². The highest BCUT2D eigenvalue weighted by Crippen LogP contribution is 2.22. The summed E-state index contributed by atoms with van der Waals surface area (Å²) in [5.74, 6) is -0.674. The zero-order valence-corrected chi connectivity index (χ0v) is 8.33. The summed E-state index contributed by atoms with van der Waals surface area (Å²) in [6.07, 6.45) is -0.381. The van der Waals surface area contributed by atoms with E-state index in [1.54, 1.807) is 13.8 Å². The molecule has 78 valence electrons. The first-order chi connectivity index (χ1) is 5.79. The lowest BCUT2D eigenvalue weighted by molar-refractivity contribution is -0.141. The number of hydrogen-bond donors (Lipinski definition) is 1. The summed E-state index contributed by atoms with van der Waals surface area (Å²) in [6.45, 7) is 3.68. The normalized spacial score (nSPS) is 27.8. The second-order valence-corrected chi connectivity index (χ2v) is 4.45. The molecule has 0 aromatic rings. The van der Waals surface area contributed by atoms with Gasteiger partial charge in [0.15, 0.2) is 5.79 Å². The van der Waals surface area contributed by atoms with Gasteiger partial charge in [0.05, 0.1) is 13.2 Å². The molecule has 0 bridgehead atoms. The van der Waals surface area contributed by atoms with Crippen LogP contribution in [0.5, 0.6) is 0 Å². The molecule has 13 heavy (non-hydrogen) atoms. The Morgan fingerprint density at radius 3 is 2.62 bits per heavy atom. The molecule has 1 aliphatic heterocycles. The number of rotatable bonds is 3. The predicted molar refractivity (Wildman–Crippen MR) is 44.0 cm³/mol. The Morgan fingerprint density at radius 2 is 2.23 bits per heavy atom. The first kappa shape index (κ1) is 10.9. The van der Waals surface area contributed by atoms with Crippen LogP contribution in [-0.4, -0.2) is 33.5 Å². The summed E-state index contributed by atoms with van der Waals surface area (Å²) in [4.78, 5) is 0. The van der Waals surface area contributed by atoms with E-state index in [0.29, 0.717) is 6.61 Å². The van der Waals surface area contributed by atoms with E-state index < -0.39 is 16.1 Å². The first-order valence-electron chi connectivity index (χ1n) is 3.77. The molecule has 7 heteroatoms. The Bertz CT molecular complexity index is 273. The lowest BCUT2D eigenvalue weighted by Gasteiger charge is -2.16. The molecule has 0 aromatic heterocycles. The SMILES string of the molecule is CC1(C)OC[C@@H](COS(N)(=O)=O)O1. The molecule has 0 aromatic carbocycles. The summed E-state index contributed by atoms with van der Waals surface area (Å²) in [6, 6.07) is 0. The van der Waals surface area contributed by atoms with Crippen LogP contribution in [0.2, 0.25) is 0 Å². The Morgan fingerprint density at radius 1 is 1.62 bits per heavy atom. The zero-order valence-electron chi connectivity index (χ0n) is 7.52. The monoisotopic (exact) mass is 211 g/mol. The molecule has 1 rings (SSSR count). The van der Waals surface area contributed by atoms with Gasteiger partial charge in [-0.15, -0.1) is 0 Å². The highest BCUT2D eigenvalue weighted by Gasteiger charge is 2.33. The van der Waals surface area contributed by atoms with Gasteiger partial charge in [-0.05, 0) is 13.8 Å². The van der Waals surface area contributed by atoms with Crippen molar-refractivity contribution < 1.29 is 22.1 Å². The van der Waals surface area contributed by atoms with Crippen LogP contribution in [0.3, 0.4) is 0 Å². The summed E-state index contributed by atoms with van der Waals surface area (Å²) in [7, 11) is -3.88. The summed E-state index contributed by atoms with van der Waals surface area (Å²) < 4.78 is 35.6. The lowest BCUT2D eigenvalue weighted by atomic mass is 10.4. The molecular weight excluding hydrogens is 198 g/mol. The molecular formula is C6H13NO5S. The van der Waals surface area contributed by atoms with E-state index >= 15 is 0 Å². The van der Waals surface area contributed by atoms with Gasteiger partial charge in [-0.25, -0.2) is 5.14 Å². The molecule has 6 nitrogen and oxygen atoms in total. The van der Waals surface area contributed by atoms with E-state index in [1.165, 1.54) is 0 Å². The van der Waals surface area contributed by atoms with Gasteiger partial charge in [0.25, 0.3) is 0 Å². The Labute approximate surface area is 77.2 Å².